The van der Waals surface area contributed by atoms with Crippen LogP contribution in [0.4, 0.5) is 4.39 Å². The molecule has 0 radical (unpaired) electrons. The standard InChI is InChI=1S/C14H17FO2/c1-2-3-4-11-9-16-14(17-10-11)12-5-7-13(15)8-6-12/h2,5-8,11,14H,1,3-4,9-10H2. The van der Waals surface area contributed by atoms with Crippen LogP contribution in [0.5, 0.6) is 0 Å². The van der Waals surface area contributed by atoms with Crippen molar-refractivity contribution in [2.45, 2.75) is 19.1 Å². The molecule has 1 saturated heterocycles. The fourth-order valence-corrected chi connectivity index (χ4v) is 1.88. The van der Waals surface area contributed by atoms with Crippen LogP contribution in [0.3, 0.4) is 0 Å². The minimum atomic E-state index is -0.351. The molecule has 0 unspecified atom stereocenters. The molecule has 17 heavy (non-hydrogen) atoms. The first-order chi connectivity index (χ1) is 8.29. The van der Waals surface area contributed by atoms with Crippen molar-refractivity contribution in [3.63, 3.8) is 0 Å². The molecular formula is C14H17FO2. The Labute approximate surface area is 101 Å². The van der Waals surface area contributed by atoms with Gasteiger partial charge in [-0.2, -0.15) is 0 Å². The van der Waals surface area contributed by atoms with Crippen LogP contribution in [-0.2, 0) is 9.47 Å². The Morgan fingerprint density at radius 3 is 2.47 bits per heavy atom. The highest BCUT2D eigenvalue weighted by Gasteiger charge is 2.22. The van der Waals surface area contributed by atoms with E-state index in [1.165, 1.54) is 12.1 Å². The number of rotatable bonds is 4. The largest absolute Gasteiger partial charge is 0.348 e. The van der Waals surface area contributed by atoms with Gasteiger partial charge in [0.25, 0.3) is 0 Å². The molecule has 0 saturated carbocycles. The number of hydrogen-bond acceptors (Lipinski definition) is 2. The zero-order valence-corrected chi connectivity index (χ0v) is 9.77. The number of hydrogen-bond donors (Lipinski definition) is 0. The first-order valence-electron chi connectivity index (χ1n) is 5.89. The van der Waals surface area contributed by atoms with E-state index in [4.69, 9.17) is 9.47 Å². The van der Waals surface area contributed by atoms with E-state index in [-0.39, 0.29) is 12.1 Å². The monoisotopic (exact) mass is 236 g/mol. The van der Waals surface area contributed by atoms with Crippen molar-refractivity contribution in [3.8, 4) is 0 Å². The fraction of sp³-hybridized carbons (Fsp3) is 0.429. The topological polar surface area (TPSA) is 18.5 Å². The van der Waals surface area contributed by atoms with Gasteiger partial charge in [0.2, 0.25) is 0 Å². The second-order valence-corrected chi connectivity index (χ2v) is 4.28. The van der Waals surface area contributed by atoms with Crippen LogP contribution in [0.25, 0.3) is 0 Å². The molecule has 1 fully saturated rings. The molecule has 0 aromatic heterocycles. The van der Waals surface area contributed by atoms with Crippen molar-refractivity contribution in [1.29, 1.82) is 0 Å². The zero-order valence-electron chi connectivity index (χ0n) is 9.77. The summed E-state index contributed by atoms with van der Waals surface area (Å²) in [5.41, 5.74) is 0.869. The van der Waals surface area contributed by atoms with Crippen molar-refractivity contribution < 1.29 is 13.9 Å². The molecule has 2 nitrogen and oxygen atoms in total. The molecule has 1 aromatic carbocycles. The van der Waals surface area contributed by atoms with Crippen LogP contribution in [0.1, 0.15) is 24.7 Å². The summed E-state index contributed by atoms with van der Waals surface area (Å²) in [5.74, 6) is 0.193. The van der Waals surface area contributed by atoms with Gasteiger partial charge in [-0.1, -0.05) is 18.2 Å². The normalized spacial score (nSPS) is 24.5. The van der Waals surface area contributed by atoms with E-state index < -0.39 is 0 Å². The molecule has 0 atom stereocenters. The van der Waals surface area contributed by atoms with Crippen LogP contribution in [0.15, 0.2) is 36.9 Å². The Kier molecular flexibility index (Phi) is 4.29. The third-order valence-electron chi connectivity index (χ3n) is 2.89. The summed E-state index contributed by atoms with van der Waals surface area (Å²) in [6, 6.07) is 6.24. The van der Waals surface area contributed by atoms with Crippen LogP contribution in [0, 0.1) is 11.7 Å². The Morgan fingerprint density at radius 1 is 1.24 bits per heavy atom. The minimum Gasteiger partial charge on any atom is -0.348 e. The lowest BCUT2D eigenvalue weighted by atomic mass is 10.0. The minimum absolute atomic E-state index is 0.242. The van der Waals surface area contributed by atoms with E-state index >= 15 is 0 Å². The summed E-state index contributed by atoms with van der Waals surface area (Å²) in [4.78, 5) is 0. The number of ether oxygens (including phenoxy) is 2. The quantitative estimate of drug-likeness (QED) is 0.745. The van der Waals surface area contributed by atoms with Crippen molar-refractivity contribution in [1.82, 2.24) is 0 Å². The number of allylic oxidation sites excluding steroid dienone is 1. The number of halogens is 1. The lowest BCUT2D eigenvalue weighted by Crippen LogP contribution is -2.27. The molecule has 1 aromatic rings. The molecular weight excluding hydrogens is 219 g/mol. The highest BCUT2D eigenvalue weighted by Crippen LogP contribution is 2.26. The van der Waals surface area contributed by atoms with E-state index in [9.17, 15) is 4.39 Å². The van der Waals surface area contributed by atoms with Gasteiger partial charge in [-0.25, -0.2) is 4.39 Å². The van der Waals surface area contributed by atoms with Crippen LogP contribution < -0.4 is 0 Å². The number of benzene rings is 1. The first kappa shape index (κ1) is 12.3. The molecule has 1 aliphatic heterocycles. The summed E-state index contributed by atoms with van der Waals surface area (Å²) in [7, 11) is 0. The highest BCUT2D eigenvalue weighted by molar-refractivity contribution is 5.17. The van der Waals surface area contributed by atoms with Crippen molar-refractivity contribution in [3.05, 3.63) is 48.3 Å². The van der Waals surface area contributed by atoms with Gasteiger partial charge in [-0.05, 0) is 25.0 Å². The Morgan fingerprint density at radius 2 is 1.88 bits per heavy atom. The first-order valence-corrected chi connectivity index (χ1v) is 5.89. The van der Waals surface area contributed by atoms with Gasteiger partial charge in [-0.3, -0.25) is 0 Å². The average molecular weight is 236 g/mol. The Bertz CT molecular complexity index is 353. The van der Waals surface area contributed by atoms with E-state index in [0.29, 0.717) is 19.1 Å². The van der Waals surface area contributed by atoms with Gasteiger partial charge < -0.3 is 9.47 Å². The van der Waals surface area contributed by atoms with Crippen LogP contribution >= 0.6 is 0 Å². The molecule has 1 heterocycles. The lowest BCUT2D eigenvalue weighted by Gasteiger charge is -2.29. The van der Waals surface area contributed by atoms with E-state index in [0.717, 1.165) is 18.4 Å². The maximum atomic E-state index is 12.8. The van der Waals surface area contributed by atoms with Gasteiger partial charge in [0, 0.05) is 11.5 Å². The maximum Gasteiger partial charge on any atom is 0.183 e. The van der Waals surface area contributed by atoms with Gasteiger partial charge in [0.15, 0.2) is 6.29 Å². The van der Waals surface area contributed by atoms with Gasteiger partial charge >= 0.3 is 0 Å². The Balaban J connectivity index is 1.86. The third-order valence-corrected chi connectivity index (χ3v) is 2.89. The van der Waals surface area contributed by atoms with E-state index in [1.54, 1.807) is 12.1 Å². The second kappa shape index (κ2) is 5.94. The SMILES string of the molecule is C=CCCC1COC(c2ccc(F)cc2)OC1. The molecule has 0 aliphatic carbocycles. The molecule has 92 valence electrons. The van der Waals surface area contributed by atoms with Gasteiger partial charge in [0.1, 0.15) is 5.82 Å². The second-order valence-electron chi connectivity index (χ2n) is 4.28. The molecule has 0 bridgehead atoms. The van der Waals surface area contributed by atoms with E-state index in [1.807, 2.05) is 6.08 Å². The lowest BCUT2D eigenvalue weighted by molar-refractivity contribution is -0.205. The smallest absolute Gasteiger partial charge is 0.183 e. The van der Waals surface area contributed by atoms with Crippen molar-refractivity contribution in [2.24, 2.45) is 5.92 Å². The van der Waals surface area contributed by atoms with Crippen molar-refractivity contribution in [2.75, 3.05) is 13.2 Å². The van der Waals surface area contributed by atoms with Crippen LogP contribution in [-0.4, -0.2) is 13.2 Å². The average Bonchev–Trinajstić information content (AvgIpc) is 2.38. The van der Waals surface area contributed by atoms with Crippen molar-refractivity contribution >= 4 is 0 Å². The summed E-state index contributed by atoms with van der Waals surface area (Å²) < 4.78 is 24.0. The summed E-state index contributed by atoms with van der Waals surface area (Å²) in [6.45, 7) is 5.08. The highest BCUT2D eigenvalue weighted by atomic mass is 19.1. The van der Waals surface area contributed by atoms with Gasteiger partial charge in [0.05, 0.1) is 13.2 Å². The van der Waals surface area contributed by atoms with Crippen LogP contribution in [0.2, 0.25) is 0 Å². The summed E-state index contributed by atoms with van der Waals surface area (Å²) in [6.07, 6.45) is 3.58. The molecule has 2 rings (SSSR count). The maximum absolute atomic E-state index is 12.8. The third kappa shape index (κ3) is 3.38. The summed E-state index contributed by atoms with van der Waals surface area (Å²) >= 11 is 0. The molecule has 0 spiro atoms. The Hall–Kier alpha value is -1.19. The summed E-state index contributed by atoms with van der Waals surface area (Å²) in [5, 5.41) is 0. The predicted octanol–water partition coefficient (Wildman–Crippen LogP) is 3.45. The van der Waals surface area contributed by atoms with Gasteiger partial charge in [-0.15, -0.1) is 6.58 Å². The molecule has 0 N–H and O–H groups in total. The fourth-order valence-electron chi connectivity index (χ4n) is 1.88. The molecule has 1 aliphatic rings. The zero-order chi connectivity index (χ0) is 12.1. The molecule has 0 amide bonds. The molecule has 3 heteroatoms. The predicted molar refractivity (Wildman–Crippen MR) is 64.0 cm³/mol. The van der Waals surface area contributed by atoms with E-state index in [2.05, 4.69) is 6.58 Å².